The molecule has 0 aromatic heterocycles. The van der Waals surface area contributed by atoms with Crippen LogP contribution in [-0.2, 0) is 9.53 Å². The van der Waals surface area contributed by atoms with Crippen LogP contribution in [0.15, 0.2) is 66.7 Å². The van der Waals surface area contributed by atoms with Crippen LogP contribution in [0.1, 0.15) is 16.7 Å². The van der Waals surface area contributed by atoms with Crippen LogP contribution in [0.5, 0.6) is 0 Å². The number of benzene rings is 2. The Hall–Kier alpha value is -3.12. The first-order valence-electron chi connectivity index (χ1n) is 6.84. The van der Waals surface area contributed by atoms with Crippen molar-refractivity contribution in [1.82, 2.24) is 0 Å². The number of carbonyl (C=O) groups is 1. The van der Waals surface area contributed by atoms with Crippen LogP contribution in [0.4, 0.5) is 0 Å². The van der Waals surface area contributed by atoms with E-state index < -0.39 is 5.97 Å². The fraction of sp³-hybridized carbons (Fsp3) is 0.0526. The monoisotopic (exact) mass is 289 g/mol. The highest BCUT2D eigenvalue weighted by Gasteiger charge is 1.95. The van der Waals surface area contributed by atoms with Crippen molar-refractivity contribution >= 4 is 18.1 Å². The normalized spacial score (nSPS) is 10.7. The summed E-state index contributed by atoms with van der Waals surface area (Å²) in [6, 6.07) is 18.8. The molecule has 2 rings (SSSR count). The Morgan fingerprint density at radius 1 is 1.00 bits per heavy atom. The molecule has 0 radical (unpaired) electrons. The van der Waals surface area contributed by atoms with E-state index in [4.69, 9.17) is 10.00 Å². The molecule has 0 aliphatic carbocycles. The summed E-state index contributed by atoms with van der Waals surface area (Å²) < 4.78 is 5.07. The van der Waals surface area contributed by atoms with E-state index in [1.165, 1.54) is 6.08 Å². The molecule has 0 saturated heterocycles. The molecule has 3 heteroatoms. The Labute approximate surface area is 129 Å². The van der Waals surface area contributed by atoms with Gasteiger partial charge in [0.15, 0.2) is 0 Å². The third-order valence-electron chi connectivity index (χ3n) is 2.88. The van der Waals surface area contributed by atoms with Gasteiger partial charge in [0.1, 0.15) is 6.61 Å². The van der Waals surface area contributed by atoms with E-state index in [0.717, 1.165) is 11.1 Å². The maximum absolute atomic E-state index is 11.6. The molecule has 0 aliphatic heterocycles. The van der Waals surface area contributed by atoms with Crippen molar-refractivity contribution in [1.29, 1.82) is 5.26 Å². The average Bonchev–Trinajstić information content (AvgIpc) is 2.58. The minimum absolute atomic E-state index is 0.228. The van der Waals surface area contributed by atoms with Gasteiger partial charge < -0.3 is 4.74 Å². The molecule has 0 unspecified atom stereocenters. The summed E-state index contributed by atoms with van der Waals surface area (Å²) in [6.45, 7) is 0.228. The Balaban J connectivity index is 1.79. The Bertz CT molecular complexity index is 707. The van der Waals surface area contributed by atoms with Crippen LogP contribution in [0.3, 0.4) is 0 Å². The summed E-state index contributed by atoms with van der Waals surface area (Å²) in [6.07, 6.45) is 6.72. The van der Waals surface area contributed by atoms with Gasteiger partial charge in [-0.1, -0.05) is 48.5 Å². The Morgan fingerprint density at radius 2 is 1.68 bits per heavy atom. The largest absolute Gasteiger partial charge is 0.458 e. The van der Waals surface area contributed by atoms with Crippen LogP contribution >= 0.6 is 0 Å². The fourth-order valence-corrected chi connectivity index (χ4v) is 1.76. The average molecular weight is 289 g/mol. The van der Waals surface area contributed by atoms with Crippen LogP contribution in [-0.4, -0.2) is 12.6 Å². The van der Waals surface area contributed by atoms with E-state index in [1.807, 2.05) is 42.5 Å². The lowest BCUT2D eigenvalue weighted by molar-refractivity contribution is -0.136. The number of nitrogens with zero attached hydrogens (tertiary/aromatic N) is 1. The van der Waals surface area contributed by atoms with Gasteiger partial charge in [-0.15, -0.1) is 0 Å². The second kappa shape index (κ2) is 8.23. The van der Waals surface area contributed by atoms with Crippen LogP contribution in [0, 0.1) is 11.3 Å². The molecule has 0 N–H and O–H groups in total. The van der Waals surface area contributed by atoms with Crippen LogP contribution < -0.4 is 0 Å². The smallest absolute Gasteiger partial charge is 0.331 e. The zero-order chi connectivity index (χ0) is 15.6. The van der Waals surface area contributed by atoms with Crippen molar-refractivity contribution in [3.05, 3.63) is 83.4 Å². The van der Waals surface area contributed by atoms with Gasteiger partial charge >= 0.3 is 5.97 Å². The number of ether oxygens (including phenoxy) is 1. The molecule has 0 fully saturated rings. The maximum atomic E-state index is 11.6. The highest BCUT2D eigenvalue weighted by Crippen LogP contribution is 2.05. The Kier molecular flexibility index (Phi) is 5.71. The minimum atomic E-state index is -0.401. The molecular weight excluding hydrogens is 274 g/mol. The van der Waals surface area contributed by atoms with Crippen molar-refractivity contribution in [2.75, 3.05) is 6.61 Å². The lowest BCUT2D eigenvalue weighted by Crippen LogP contribution is -1.99. The van der Waals surface area contributed by atoms with Gasteiger partial charge in [0.25, 0.3) is 0 Å². The van der Waals surface area contributed by atoms with Crippen LogP contribution in [0.2, 0.25) is 0 Å². The quantitative estimate of drug-likeness (QED) is 0.621. The number of hydrogen-bond donors (Lipinski definition) is 0. The molecule has 0 saturated carbocycles. The summed E-state index contributed by atoms with van der Waals surface area (Å²) in [7, 11) is 0. The third kappa shape index (κ3) is 5.10. The lowest BCUT2D eigenvalue weighted by Gasteiger charge is -1.97. The molecule has 22 heavy (non-hydrogen) atoms. The number of rotatable bonds is 5. The summed E-state index contributed by atoms with van der Waals surface area (Å²) >= 11 is 0. The van der Waals surface area contributed by atoms with E-state index in [9.17, 15) is 4.79 Å². The van der Waals surface area contributed by atoms with Gasteiger partial charge in [-0.05, 0) is 35.4 Å². The summed E-state index contributed by atoms with van der Waals surface area (Å²) in [4.78, 5) is 11.6. The molecule has 2 aromatic carbocycles. The van der Waals surface area contributed by atoms with Crippen molar-refractivity contribution < 1.29 is 9.53 Å². The van der Waals surface area contributed by atoms with Gasteiger partial charge in [0.05, 0.1) is 11.6 Å². The van der Waals surface area contributed by atoms with Crippen molar-refractivity contribution in [2.45, 2.75) is 0 Å². The standard InChI is InChI=1S/C19H15NO2/c20-15-18-10-8-17(9-11-18)12-13-19(21)22-14-4-7-16-5-2-1-3-6-16/h1-13H,14H2/b7-4+,13-12+. The van der Waals surface area contributed by atoms with Crippen molar-refractivity contribution in [3.8, 4) is 6.07 Å². The molecule has 3 nitrogen and oxygen atoms in total. The highest BCUT2D eigenvalue weighted by atomic mass is 16.5. The molecule has 0 bridgehead atoms. The molecule has 0 aliphatic rings. The van der Waals surface area contributed by atoms with Gasteiger partial charge in [-0.3, -0.25) is 0 Å². The predicted octanol–water partition coefficient (Wildman–Crippen LogP) is 3.83. The number of esters is 1. The van der Waals surface area contributed by atoms with Crippen LogP contribution in [0.25, 0.3) is 12.2 Å². The first-order chi connectivity index (χ1) is 10.8. The number of carbonyl (C=O) groups excluding carboxylic acids is 1. The van der Waals surface area contributed by atoms with Gasteiger partial charge in [-0.25, -0.2) is 4.79 Å². The molecule has 0 spiro atoms. The van der Waals surface area contributed by atoms with Gasteiger partial charge in [0.2, 0.25) is 0 Å². The SMILES string of the molecule is N#Cc1ccc(/C=C/C(=O)OC/C=C/c2ccccc2)cc1. The minimum Gasteiger partial charge on any atom is -0.458 e. The molecule has 108 valence electrons. The van der Waals surface area contributed by atoms with E-state index >= 15 is 0 Å². The summed E-state index contributed by atoms with van der Waals surface area (Å²) in [5, 5.41) is 8.70. The van der Waals surface area contributed by atoms with E-state index in [-0.39, 0.29) is 6.61 Å². The zero-order valence-electron chi connectivity index (χ0n) is 12.0. The summed E-state index contributed by atoms with van der Waals surface area (Å²) in [5.41, 5.74) is 2.49. The first kappa shape index (κ1) is 15.3. The van der Waals surface area contributed by atoms with Gasteiger partial charge in [0, 0.05) is 6.08 Å². The van der Waals surface area contributed by atoms with E-state index in [1.54, 1.807) is 36.4 Å². The second-order valence-electron chi connectivity index (χ2n) is 4.51. The van der Waals surface area contributed by atoms with Crippen molar-refractivity contribution in [2.24, 2.45) is 0 Å². The third-order valence-corrected chi connectivity index (χ3v) is 2.88. The Morgan fingerprint density at radius 3 is 2.36 bits per heavy atom. The number of hydrogen-bond acceptors (Lipinski definition) is 3. The zero-order valence-corrected chi connectivity index (χ0v) is 12.0. The molecule has 0 amide bonds. The van der Waals surface area contributed by atoms with Gasteiger partial charge in [-0.2, -0.15) is 5.26 Å². The van der Waals surface area contributed by atoms with E-state index in [0.29, 0.717) is 5.56 Å². The topological polar surface area (TPSA) is 50.1 Å². The molecule has 0 heterocycles. The highest BCUT2D eigenvalue weighted by molar-refractivity contribution is 5.87. The van der Waals surface area contributed by atoms with Crippen molar-refractivity contribution in [3.63, 3.8) is 0 Å². The maximum Gasteiger partial charge on any atom is 0.331 e. The molecule has 0 atom stereocenters. The second-order valence-corrected chi connectivity index (χ2v) is 4.51. The summed E-state index contributed by atoms with van der Waals surface area (Å²) in [5.74, 6) is -0.401. The lowest BCUT2D eigenvalue weighted by atomic mass is 10.1. The molecular formula is C19H15NO2. The predicted molar refractivity (Wildman–Crippen MR) is 86.6 cm³/mol. The number of nitriles is 1. The van der Waals surface area contributed by atoms with E-state index in [2.05, 4.69) is 0 Å². The first-order valence-corrected chi connectivity index (χ1v) is 6.84. The molecule has 2 aromatic rings. The fourth-order valence-electron chi connectivity index (χ4n) is 1.76.